The summed E-state index contributed by atoms with van der Waals surface area (Å²) in [5.74, 6) is 0.0305. The number of pyridine rings is 1. The average molecular weight is 259 g/mol. The molecule has 0 bridgehead atoms. The summed E-state index contributed by atoms with van der Waals surface area (Å²) in [6.07, 6.45) is 3.55. The van der Waals surface area contributed by atoms with E-state index < -0.39 is 16.8 Å². The van der Waals surface area contributed by atoms with Gasteiger partial charge in [0.15, 0.2) is 9.84 Å². The maximum Gasteiger partial charge on any atom is 0.286 e. The smallest absolute Gasteiger partial charge is 0.286 e. The topological polar surface area (TPSA) is 67.3 Å². The second kappa shape index (κ2) is 6.27. The zero-order valence-corrected chi connectivity index (χ0v) is 10.7. The van der Waals surface area contributed by atoms with E-state index in [1.165, 1.54) is 11.8 Å². The monoisotopic (exact) mass is 259 g/mol. The van der Waals surface area contributed by atoms with Gasteiger partial charge in [-0.2, -0.15) is 0 Å². The predicted molar refractivity (Wildman–Crippen MR) is 67.4 cm³/mol. The van der Waals surface area contributed by atoms with Crippen molar-refractivity contribution < 1.29 is 13.4 Å². The fraction of sp³-hybridized carbons (Fsp3) is 0.444. The molecule has 1 rings (SSSR count). The summed E-state index contributed by atoms with van der Waals surface area (Å²) >= 11 is 1.27. The van der Waals surface area contributed by atoms with Crippen molar-refractivity contribution >= 4 is 28.5 Å². The van der Waals surface area contributed by atoms with E-state index in [1.54, 1.807) is 31.3 Å². The van der Waals surface area contributed by atoms with Gasteiger partial charge in [-0.3, -0.25) is 4.98 Å². The van der Waals surface area contributed by atoms with Gasteiger partial charge < -0.3 is 5.02 Å². The predicted octanol–water partition coefficient (Wildman–Crippen LogP) is 1.16. The lowest BCUT2D eigenvalue weighted by molar-refractivity contribution is 0.574. The van der Waals surface area contributed by atoms with Crippen LogP contribution in [0, 0.1) is 0 Å². The van der Waals surface area contributed by atoms with E-state index in [1.807, 2.05) is 0 Å². The van der Waals surface area contributed by atoms with Gasteiger partial charge in [-0.25, -0.2) is 8.42 Å². The molecule has 88 valence electrons. The minimum atomic E-state index is -3.09. The third-order valence-corrected chi connectivity index (χ3v) is 5.27. The van der Waals surface area contributed by atoms with Gasteiger partial charge in [0.1, 0.15) is 5.08 Å². The summed E-state index contributed by atoms with van der Waals surface area (Å²) in [6.45, 7) is 1.02. The van der Waals surface area contributed by atoms with Gasteiger partial charge in [-0.15, -0.1) is 11.8 Å². The maximum absolute atomic E-state index is 11.6. The molecule has 1 aromatic rings. The number of thioether (sulfide) groups is 1. The molecule has 0 aliphatic rings. The summed E-state index contributed by atoms with van der Waals surface area (Å²) in [6, 6.07) is 3.55. The normalized spacial score (nSPS) is 11.4. The zero-order valence-electron chi connectivity index (χ0n) is 9.04. The molecule has 0 saturated carbocycles. The van der Waals surface area contributed by atoms with Crippen molar-refractivity contribution in [3.8, 4) is 0 Å². The van der Waals surface area contributed by atoms with Gasteiger partial charge >= 0.3 is 0 Å². The third-order valence-electron chi connectivity index (χ3n) is 1.90. The summed E-state index contributed by atoms with van der Waals surface area (Å²) < 4.78 is 23.1. The molecule has 1 N–H and O–H groups in total. The van der Waals surface area contributed by atoms with E-state index in [0.29, 0.717) is 6.32 Å². The van der Waals surface area contributed by atoms with Crippen molar-refractivity contribution in [1.82, 2.24) is 4.98 Å². The number of nitrogens with zero attached hydrogens (tertiary/aromatic N) is 1. The lowest BCUT2D eigenvalue weighted by Crippen LogP contribution is -2.15. The molecule has 4 nitrogen and oxygen atoms in total. The second-order valence-electron chi connectivity index (χ2n) is 3.53. The molecule has 0 amide bonds. The molecular weight excluding hydrogens is 245 g/mol. The molecule has 0 fully saturated rings. The highest BCUT2D eigenvalue weighted by Crippen LogP contribution is 2.19. The van der Waals surface area contributed by atoms with Crippen molar-refractivity contribution in [2.24, 2.45) is 0 Å². The van der Waals surface area contributed by atoms with E-state index >= 15 is 0 Å². The molecule has 0 spiro atoms. The molecule has 0 aliphatic heterocycles. The van der Waals surface area contributed by atoms with Crippen LogP contribution in [-0.2, 0) is 9.84 Å². The Morgan fingerprint density at radius 3 is 2.62 bits per heavy atom. The molecule has 7 heteroatoms. The summed E-state index contributed by atoms with van der Waals surface area (Å²) in [5, 5.41) is 9.07. The Hall–Kier alpha value is -0.525. The minimum Gasteiger partial charge on any atom is -0.451 e. The first-order chi connectivity index (χ1) is 7.49. The van der Waals surface area contributed by atoms with Gasteiger partial charge in [0, 0.05) is 23.0 Å². The molecule has 1 heterocycles. The van der Waals surface area contributed by atoms with Crippen LogP contribution in [0.3, 0.4) is 0 Å². The molecule has 0 aliphatic carbocycles. The second-order valence-corrected chi connectivity index (χ2v) is 7.13. The Kier molecular flexibility index (Phi) is 5.31. The van der Waals surface area contributed by atoms with E-state index in [9.17, 15) is 8.42 Å². The van der Waals surface area contributed by atoms with Crippen LogP contribution in [0.4, 0.5) is 0 Å². The minimum absolute atomic E-state index is 0.0305. The fourth-order valence-electron chi connectivity index (χ4n) is 1.00. The van der Waals surface area contributed by atoms with Crippen LogP contribution < -0.4 is 0 Å². The summed E-state index contributed by atoms with van der Waals surface area (Å²) in [5.41, 5.74) is 0. The Labute approximate surface area is 101 Å². The first kappa shape index (κ1) is 13.5. The van der Waals surface area contributed by atoms with Gasteiger partial charge in [0.2, 0.25) is 0 Å². The first-order valence-corrected chi connectivity index (χ1v) is 7.71. The third kappa shape index (κ3) is 5.53. The van der Waals surface area contributed by atoms with Crippen LogP contribution in [0.1, 0.15) is 0 Å². The molecule has 0 unspecified atom stereocenters. The van der Waals surface area contributed by atoms with Crippen LogP contribution in [0.25, 0.3) is 0 Å². The molecular formula is C9H14BNO3S2. The highest BCUT2D eigenvalue weighted by atomic mass is 32.3. The Balaban J connectivity index is 2.42. The standard InChI is InChI=1S/C9H14BNO3S2/c1-10(12)4-7-16(13,14)8-15-9-2-5-11-6-3-9/h2-3,5-6,12H,4,7-8H2,1H3. The fourth-order valence-corrected chi connectivity index (χ4v) is 3.75. The van der Waals surface area contributed by atoms with Gasteiger partial charge in [0.05, 0.1) is 0 Å². The van der Waals surface area contributed by atoms with Crippen molar-refractivity contribution in [2.75, 3.05) is 10.8 Å². The zero-order chi connectivity index (χ0) is 12.0. The van der Waals surface area contributed by atoms with Gasteiger partial charge in [-0.05, 0) is 18.5 Å². The molecule has 0 saturated heterocycles. The van der Waals surface area contributed by atoms with Crippen molar-refractivity contribution in [2.45, 2.75) is 18.0 Å². The Bertz CT molecular complexity index is 408. The lowest BCUT2D eigenvalue weighted by Gasteiger charge is -2.04. The largest absolute Gasteiger partial charge is 0.451 e. The summed E-state index contributed by atoms with van der Waals surface area (Å²) in [7, 11) is -3.09. The number of rotatable bonds is 6. The number of sulfone groups is 1. The van der Waals surface area contributed by atoms with E-state index in [4.69, 9.17) is 5.02 Å². The van der Waals surface area contributed by atoms with Gasteiger partial charge in [-0.1, -0.05) is 6.82 Å². The first-order valence-electron chi connectivity index (χ1n) is 4.91. The Morgan fingerprint density at radius 1 is 1.44 bits per heavy atom. The van der Waals surface area contributed by atoms with Crippen LogP contribution in [-0.4, -0.2) is 36.2 Å². The van der Waals surface area contributed by atoms with Crippen LogP contribution in [0.15, 0.2) is 29.4 Å². The SMILES string of the molecule is CB(O)CCS(=O)(=O)CSc1ccncc1. The number of aromatic nitrogens is 1. The molecule has 16 heavy (non-hydrogen) atoms. The molecule has 0 radical (unpaired) electrons. The molecule has 1 aromatic heterocycles. The highest BCUT2D eigenvalue weighted by molar-refractivity contribution is 8.12. The van der Waals surface area contributed by atoms with Crippen LogP contribution >= 0.6 is 11.8 Å². The molecule has 0 atom stereocenters. The van der Waals surface area contributed by atoms with Crippen LogP contribution in [0.5, 0.6) is 0 Å². The van der Waals surface area contributed by atoms with Crippen molar-refractivity contribution in [3.63, 3.8) is 0 Å². The van der Waals surface area contributed by atoms with E-state index in [0.717, 1.165) is 4.90 Å². The van der Waals surface area contributed by atoms with Crippen molar-refractivity contribution in [1.29, 1.82) is 0 Å². The van der Waals surface area contributed by atoms with Gasteiger partial charge in [0.25, 0.3) is 6.92 Å². The van der Waals surface area contributed by atoms with Crippen LogP contribution in [0.2, 0.25) is 13.1 Å². The lowest BCUT2D eigenvalue weighted by atomic mass is 9.69. The maximum atomic E-state index is 11.6. The summed E-state index contributed by atoms with van der Waals surface area (Å²) in [4.78, 5) is 4.74. The van der Waals surface area contributed by atoms with E-state index in [2.05, 4.69) is 4.98 Å². The Morgan fingerprint density at radius 2 is 2.06 bits per heavy atom. The van der Waals surface area contributed by atoms with E-state index in [-0.39, 0.29) is 10.8 Å². The highest BCUT2D eigenvalue weighted by Gasteiger charge is 2.14. The van der Waals surface area contributed by atoms with Crippen molar-refractivity contribution in [3.05, 3.63) is 24.5 Å². The average Bonchev–Trinajstić information content (AvgIpc) is 2.26. The molecule has 0 aromatic carbocycles. The quantitative estimate of drug-likeness (QED) is 0.613. The number of hydrogen-bond donors (Lipinski definition) is 1. The number of hydrogen-bond acceptors (Lipinski definition) is 5.